The molecule has 0 aliphatic carbocycles. The molecule has 3 heterocycles. The Labute approximate surface area is 113 Å². The second-order valence-corrected chi connectivity index (χ2v) is 4.87. The highest BCUT2D eigenvalue weighted by molar-refractivity contribution is 5.23. The van der Waals surface area contributed by atoms with Gasteiger partial charge in [0, 0.05) is 58.0 Å². The topological polar surface area (TPSA) is 46.0 Å². The number of nitrogens with zero attached hydrogens (tertiary/aromatic N) is 4. The molecule has 1 unspecified atom stereocenters. The Hall–Kier alpha value is -1.72. The summed E-state index contributed by atoms with van der Waals surface area (Å²) >= 11 is 0. The highest BCUT2D eigenvalue weighted by Crippen LogP contribution is 2.26. The standard InChI is InChI=1S/C14H19N5/c1-18-9-8-17-14(18)13(12-2-4-15-5-3-12)19-10-6-16-7-11-19/h2-5,8-9,13,16H,6-7,10-11H2,1H3. The van der Waals surface area contributed by atoms with E-state index >= 15 is 0 Å². The van der Waals surface area contributed by atoms with Crippen LogP contribution in [0, 0.1) is 0 Å². The van der Waals surface area contributed by atoms with E-state index in [1.165, 1.54) is 5.56 Å². The summed E-state index contributed by atoms with van der Waals surface area (Å²) in [6, 6.07) is 4.38. The van der Waals surface area contributed by atoms with E-state index in [1.54, 1.807) is 0 Å². The van der Waals surface area contributed by atoms with Gasteiger partial charge in [0.15, 0.2) is 0 Å². The summed E-state index contributed by atoms with van der Waals surface area (Å²) in [7, 11) is 2.05. The van der Waals surface area contributed by atoms with Crippen LogP contribution in [-0.4, -0.2) is 45.6 Å². The summed E-state index contributed by atoms with van der Waals surface area (Å²) in [5.41, 5.74) is 1.26. The Morgan fingerprint density at radius 1 is 1.16 bits per heavy atom. The van der Waals surface area contributed by atoms with Crippen LogP contribution in [-0.2, 0) is 7.05 Å². The van der Waals surface area contributed by atoms with E-state index in [0.29, 0.717) is 0 Å². The number of aromatic nitrogens is 3. The number of hydrogen-bond donors (Lipinski definition) is 1. The van der Waals surface area contributed by atoms with Crippen molar-refractivity contribution in [2.45, 2.75) is 6.04 Å². The van der Waals surface area contributed by atoms with Gasteiger partial charge in [0.25, 0.3) is 0 Å². The van der Waals surface area contributed by atoms with Crippen LogP contribution in [0.2, 0.25) is 0 Å². The van der Waals surface area contributed by atoms with Gasteiger partial charge in [-0.3, -0.25) is 9.88 Å². The van der Waals surface area contributed by atoms with Gasteiger partial charge in [-0.2, -0.15) is 0 Å². The highest BCUT2D eigenvalue weighted by Gasteiger charge is 2.26. The van der Waals surface area contributed by atoms with Gasteiger partial charge in [-0.15, -0.1) is 0 Å². The van der Waals surface area contributed by atoms with Crippen LogP contribution in [0.1, 0.15) is 17.4 Å². The molecule has 1 fully saturated rings. The van der Waals surface area contributed by atoms with Crippen molar-refractivity contribution in [3.05, 3.63) is 48.3 Å². The van der Waals surface area contributed by atoms with Crippen molar-refractivity contribution in [2.75, 3.05) is 26.2 Å². The molecule has 0 aromatic carbocycles. The van der Waals surface area contributed by atoms with E-state index in [4.69, 9.17) is 0 Å². The number of imidazole rings is 1. The quantitative estimate of drug-likeness (QED) is 0.884. The SMILES string of the molecule is Cn1ccnc1C(c1ccncc1)N1CCNCC1. The maximum atomic E-state index is 4.55. The fourth-order valence-corrected chi connectivity index (χ4v) is 2.65. The Kier molecular flexibility index (Phi) is 3.57. The van der Waals surface area contributed by atoms with E-state index in [-0.39, 0.29) is 6.04 Å². The van der Waals surface area contributed by atoms with Crippen LogP contribution in [0.5, 0.6) is 0 Å². The van der Waals surface area contributed by atoms with Crippen molar-refractivity contribution in [3.63, 3.8) is 0 Å². The first-order chi connectivity index (χ1) is 9.36. The van der Waals surface area contributed by atoms with Gasteiger partial charge in [0.1, 0.15) is 5.82 Å². The van der Waals surface area contributed by atoms with Gasteiger partial charge in [0.2, 0.25) is 0 Å². The predicted octanol–water partition coefficient (Wildman–Crippen LogP) is 0.810. The average molecular weight is 257 g/mol. The third-order valence-corrected chi connectivity index (χ3v) is 3.64. The molecule has 0 radical (unpaired) electrons. The summed E-state index contributed by atoms with van der Waals surface area (Å²) in [5.74, 6) is 1.09. The Morgan fingerprint density at radius 3 is 2.53 bits per heavy atom. The molecular formula is C14H19N5. The molecule has 0 spiro atoms. The number of nitrogens with one attached hydrogen (secondary N) is 1. The molecule has 5 nitrogen and oxygen atoms in total. The maximum Gasteiger partial charge on any atom is 0.130 e. The largest absolute Gasteiger partial charge is 0.336 e. The molecule has 100 valence electrons. The lowest BCUT2D eigenvalue weighted by molar-refractivity contribution is 0.190. The normalized spacial score (nSPS) is 18.4. The van der Waals surface area contributed by atoms with E-state index < -0.39 is 0 Å². The van der Waals surface area contributed by atoms with Gasteiger partial charge >= 0.3 is 0 Å². The molecule has 0 amide bonds. The van der Waals surface area contributed by atoms with Crippen molar-refractivity contribution in [1.29, 1.82) is 0 Å². The zero-order valence-corrected chi connectivity index (χ0v) is 11.2. The second-order valence-electron chi connectivity index (χ2n) is 4.87. The van der Waals surface area contributed by atoms with Crippen molar-refractivity contribution in [2.24, 2.45) is 7.05 Å². The van der Waals surface area contributed by atoms with Crippen LogP contribution >= 0.6 is 0 Å². The van der Waals surface area contributed by atoms with Crippen LogP contribution in [0.15, 0.2) is 36.9 Å². The number of aryl methyl sites for hydroxylation is 1. The van der Waals surface area contributed by atoms with Crippen LogP contribution in [0.3, 0.4) is 0 Å². The average Bonchev–Trinajstić information content (AvgIpc) is 2.88. The molecule has 19 heavy (non-hydrogen) atoms. The summed E-state index contributed by atoms with van der Waals surface area (Å²) in [5, 5.41) is 3.40. The summed E-state index contributed by atoms with van der Waals surface area (Å²) in [6.45, 7) is 4.15. The number of piperazine rings is 1. The minimum Gasteiger partial charge on any atom is -0.336 e. The fourth-order valence-electron chi connectivity index (χ4n) is 2.65. The number of rotatable bonds is 3. The second kappa shape index (κ2) is 5.50. The first-order valence-electron chi connectivity index (χ1n) is 6.68. The Bertz CT molecular complexity index is 516. The van der Waals surface area contributed by atoms with E-state index in [0.717, 1.165) is 32.0 Å². The lowest BCUT2D eigenvalue weighted by Crippen LogP contribution is -2.46. The molecule has 0 saturated carbocycles. The highest BCUT2D eigenvalue weighted by atomic mass is 15.2. The monoisotopic (exact) mass is 257 g/mol. The summed E-state index contributed by atoms with van der Waals surface area (Å²) in [4.78, 5) is 11.1. The lowest BCUT2D eigenvalue weighted by atomic mass is 10.1. The van der Waals surface area contributed by atoms with Crippen LogP contribution < -0.4 is 5.32 Å². The van der Waals surface area contributed by atoms with Crippen molar-refractivity contribution < 1.29 is 0 Å². The fraction of sp³-hybridized carbons (Fsp3) is 0.429. The first-order valence-corrected chi connectivity index (χ1v) is 6.68. The smallest absolute Gasteiger partial charge is 0.130 e. The molecule has 1 N–H and O–H groups in total. The minimum absolute atomic E-state index is 0.213. The van der Waals surface area contributed by atoms with Crippen molar-refractivity contribution in [3.8, 4) is 0 Å². The first kappa shape index (κ1) is 12.3. The molecule has 1 aliphatic rings. The summed E-state index contributed by atoms with van der Waals surface area (Å²) in [6.07, 6.45) is 7.58. The molecule has 3 rings (SSSR count). The van der Waals surface area contributed by atoms with Gasteiger partial charge in [-0.25, -0.2) is 4.98 Å². The van der Waals surface area contributed by atoms with Gasteiger partial charge in [0.05, 0.1) is 6.04 Å². The third-order valence-electron chi connectivity index (χ3n) is 3.64. The zero-order chi connectivity index (χ0) is 13.1. The molecule has 1 saturated heterocycles. The predicted molar refractivity (Wildman–Crippen MR) is 73.7 cm³/mol. The summed E-state index contributed by atoms with van der Waals surface area (Å²) < 4.78 is 2.10. The van der Waals surface area contributed by atoms with Crippen molar-refractivity contribution in [1.82, 2.24) is 24.8 Å². The Balaban J connectivity index is 1.98. The van der Waals surface area contributed by atoms with Gasteiger partial charge < -0.3 is 9.88 Å². The Morgan fingerprint density at radius 2 is 1.89 bits per heavy atom. The van der Waals surface area contributed by atoms with Crippen LogP contribution in [0.4, 0.5) is 0 Å². The van der Waals surface area contributed by atoms with Crippen molar-refractivity contribution >= 4 is 0 Å². The van der Waals surface area contributed by atoms with E-state index in [2.05, 4.69) is 43.9 Å². The number of hydrogen-bond acceptors (Lipinski definition) is 4. The third kappa shape index (κ3) is 2.52. The van der Waals surface area contributed by atoms with Gasteiger partial charge in [-0.05, 0) is 17.7 Å². The molecule has 1 atom stereocenters. The molecule has 5 heteroatoms. The van der Waals surface area contributed by atoms with E-state index in [9.17, 15) is 0 Å². The molecule has 0 bridgehead atoms. The maximum absolute atomic E-state index is 4.55. The minimum atomic E-state index is 0.213. The molecule has 2 aromatic rings. The molecular weight excluding hydrogens is 238 g/mol. The van der Waals surface area contributed by atoms with E-state index in [1.807, 2.05) is 24.8 Å². The molecule has 1 aliphatic heterocycles. The lowest BCUT2D eigenvalue weighted by Gasteiger charge is -2.34. The van der Waals surface area contributed by atoms with Crippen LogP contribution in [0.25, 0.3) is 0 Å². The zero-order valence-electron chi connectivity index (χ0n) is 11.2. The molecule has 2 aromatic heterocycles. The number of pyridine rings is 1. The van der Waals surface area contributed by atoms with Gasteiger partial charge in [-0.1, -0.05) is 0 Å².